The molecule has 2 aromatic rings. The Labute approximate surface area is 152 Å². The van der Waals surface area contributed by atoms with E-state index in [1.165, 1.54) is 24.3 Å². The quantitative estimate of drug-likeness (QED) is 0.721. The highest BCUT2D eigenvalue weighted by Gasteiger charge is 2.39. The summed E-state index contributed by atoms with van der Waals surface area (Å²) in [5.74, 6) is -1.41. The van der Waals surface area contributed by atoms with Gasteiger partial charge in [0, 0.05) is 6.04 Å². The van der Waals surface area contributed by atoms with Gasteiger partial charge in [0.25, 0.3) is 10.0 Å². The number of hydrogen-bond donors (Lipinski definition) is 0. The first-order valence-electron chi connectivity index (χ1n) is 8.42. The number of ether oxygens (including phenoxy) is 1. The molecule has 1 aliphatic carbocycles. The molecule has 1 saturated carbocycles. The first kappa shape index (κ1) is 18.4. The third-order valence-electron chi connectivity index (χ3n) is 4.15. The molecule has 1 fully saturated rings. The maximum absolute atomic E-state index is 14.7. The highest BCUT2D eigenvalue weighted by Crippen LogP contribution is 2.38. The van der Waals surface area contributed by atoms with E-state index in [-0.39, 0.29) is 28.8 Å². The molecule has 3 rings (SSSR count). The van der Waals surface area contributed by atoms with E-state index >= 15 is 0 Å². The number of hydrogen-bond acceptors (Lipinski definition) is 4. The molecular weight excluding hydrogens is 357 g/mol. The molecule has 0 N–H and O–H groups in total. The Morgan fingerprint density at radius 3 is 2.38 bits per heavy atom. The molecule has 7 heteroatoms. The number of carbonyl (C=O) groups is 1. The number of rotatable bonds is 6. The van der Waals surface area contributed by atoms with E-state index in [9.17, 15) is 17.6 Å². The van der Waals surface area contributed by atoms with Crippen molar-refractivity contribution in [3.8, 4) is 0 Å². The number of sulfonamides is 1. The molecule has 0 spiro atoms. The molecule has 0 aromatic heterocycles. The van der Waals surface area contributed by atoms with Crippen molar-refractivity contribution >= 4 is 21.7 Å². The van der Waals surface area contributed by atoms with Crippen LogP contribution in [0.1, 0.15) is 35.7 Å². The van der Waals surface area contributed by atoms with E-state index in [1.807, 2.05) is 6.92 Å². The SMILES string of the molecule is CCOC(=O)c1ccc(N(C2CC2)S(=O)(=O)c2ccc(C)cc2)c(F)c1. The highest BCUT2D eigenvalue weighted by molar-refractivity contribution is 7.92. The topological polar surface area (TPSA) is 63.7 Å². The summed E-state index contributed by atoms with van der Waals surface area (Å²) in [5, 5.41) is 0. The van der Waals surface area contributed by atoms with Crippen LogP contribution in [0.5, 0.6) is 0 Å². The summed E-state index contributed by atoms with van der Waals surface area (Å²) < 4.78 is 46.8. The molecule has 138 valence electrons. The van der Waals surface area contributed by atoms with Crippen LogP contribution in [-0.2, 0) is 14.8 Å². The van der Waals surface area contributed by atoms with Crippen molar-refractivity contribution in [2.24, 2.45) is 0 Å². The second-order valence-electron chi connectivity index (χ2n) is 6.23. The lowest BCUT2D eigenvalue weighted by atomic mass is 10.2. The molecule has 0 radical (unpaired) electrons. The molecule has 0 saturated heterocycles. The van der Waals surface area contributed by atoms with Gasteiger partial charge in [0.2, 0.25) is 0 Å². The lowest BCUT2D eigenvalue weighted by molar-refractivity contribution is 0.0526. The van der Waals surface area contributed by atoms with Crippen molar-refractivity contribution < 1.29 is 22.3 Å². The fourth-order valence-corrected chi connectivity index (χ4v) is 4.40. The van der Waals surface area contributed by atoms with Gasteiger partial charge in [-0.3, -0.25) is 4.31 Å². The number of nitrogens with zero attached hydrogens (tertiary/aromatic N) is 1. The van der Waals surface area contributed by atoms with E-state index in [1.54, 1.807) is 19.1 Å². The Bertz CT molecular complexity index is 921. The van der Waals surface area contributed by atoms with Gasteiger partial charge in [-0.2, -0.15) is 0 Å². The van der Waals surface area contributed by atoms with Gasteiger partial charge < -0.3 is 4.74 Å². The Hall–Kier alpha value is -2.41. The normalized spacial score (nSPS) is 14.1. The predicted octanol–water partition coefficient (Wildman–Crippen LogP) is 3.67. The summed E-state index contributed by atoms with van der Waals surface area (Å²) in [7, 11) is -3.90. The summed E-state index contributed by atoms with van der Waals surface area (Å²) in [5.41, 5.74) is 0.935. The molecule has 2 aromatic carbocycles. The molecular formula is C19H20FNO4S. The van der Waals surface area contributed by atoms with E-state index < -0.39 is 21.8 Å². The number of aryl methyl sites for hydroxylation is 1. The number of halogens is 1. The lowest BCUT2D eigenvalue weighted by Crippen LogP contribution is -2.34. The van der Waals surface area contributed by atoms with Gasteiger partial charge in [0.05, 0.1) is 22.8 Å². The summed E-state index contributed by atoms with van der Waals surface area (Å²) in [4.78, 5) is 11.9. The van der Waals surface area contributed by atoms with Crippen molar-refractivity contribution in [2.75, 3.05) is 10.9 Å². The molecule has 5 nitrogen and oxygen atoms in total. The zero-order chi connectivity index (χ0) is 18.9. The Morgan fingerprint density at radius 2 is 1.85 bits per heavy atom. The van der Waals surface area contributed by atoms with Gasteiger partial charge in [-0.1, -0.05) is 17.7 Å². The second-order valence-corrected chi connectivity index (χ2v) is 8.05. The van der Waals surface area contributed by atoms with Crippen molar-refractivity contribution in [1.82, 2.24) is 0 Å². The molecule has 0 amide bonds. The standard InChI is InChI=1S/C19H20FNO4S/c1-3-25-19(22)14-6-11-18(17(20)12-14)21(15-7-8-15)26(23,24)16-9-4-13(2)5-10-16/h4-6,9-12,15H,3,7-8H2,1-2H3. The summed E-state index contributed by atoms with van der Waals surface area (Å²) in [6.45, 7) is 3.70. The highest BCUT2D eigenvalue weighted by atomic mass is 32.2. The van der Waals surface area contributed by atoms with Gasteiger partial charge in [-0.05, 0) is 57.0 Å². The van der Waals surface area contributed by atoms with Crippen LogP contribution in [0.15, 0.2) is 47.4 Å². The number of anilines is 1. The minimum absolute atomic E-state index is 0.0524. The molecule has 0 bridgehead atoms. The minimum atomic E-state index is -3.90. The maximum Gasteiger partial charge on any atom is 0.338 e. The van der Waals surface area contributed by atoms with Gasteiger partial charge in [-0.15, -0.1) is 0 Å². The van der Waals surface area contributed by atoms with Crippen molar-refractivity contribution in [3.63, 3.8) is 0 Å². The van der Waals surface area contributed by atoms with Crippen LogP contribution in [-0.4, -0.2) is 27.0 Å². The monoisotopic (exact) mass is 377 g/mol. The minimum Gasteiger partial charge on any atom is -0.462 e. The van der Waals surface area contributed by atoms with E-state index in [0.717, 1.165) is 15.9 Å². The molecule has 0 heterocycles. The molecule has 0 atom stereocenters. The van der Waals surface area contributed by atoms with Crippen LogP contribution >= 0.6 is 0 Å². The van der Waals surface area contributed by atoms with Gasteiger partial charge in [0.1, 0.15) is 5.82 Å². The lowest BCUT2D eigenvalue weighted by Gasteiger charge is -2.25. The van der Waals surface area contributed by atoms with Crippen LogP contribution in [0.3, 0.4) is 0 Å². The first-order chi connectivity index (χ1) is 12.3. The average Bonchev–Trinajstić information content (AvgIpc) is 3.42. The fraction of sp³-hybridized carbons (Fsp3) is 0.316. The van der Waals surface area contributed by atoms with Crippen LogP contribution in [0, 0.1) is 12.7 Å². The average molecular weight is 377 g/mol. The molecule has 0 unspecified atom stereocenters. The van der Waals surface area contributed by atoms with Gasteiger partial charge in [-0.25, -0.2) is 17.6 Å². The molecule has 0 aliphatic heterocycles. The van der Waals surface area contributed by atoms with Crippen molar-refractivity contribution in [3.05, 3.63) is 59.4 Å². The zero-order valence-electron chi connectivity index (χ0n) is 14.6. The second kappa shape index (κ2) is 7.07. The third-order valence-corrected chi connectivity index (χ3v) is 6.03. The first-order valence-corrected chi connectivity index (χ1v) is 9.86. The Morgan fingerprint density at radius 1 is 1.19 bits per heavy atom. The summed E-state index contributed by atoms with van der Waals surface area (Å²) >= 11 is 0. The summed E-state index contributed by atoms with van der Waals surface area (Å²) in [6, 6.07) is 9.91. The van der Waals surface area contributed by atoms with Crippen LogP contribution in [0.2, 0.25) is 0 Å². The van der Waals surface area contributed by atoms with Crippen LogP contribution in [0.4, 0.5) is 10.1 Å². The molecule has 1 aliphatic rings. The maximum atomic E-state index is 14.7. The summed E-state index contributed by atoms with van der Waals surface area (Å²) in [6.07, 6.45) is 1.34. The number of carbonyl (C=O) groups excluding carboxylic acids is 1. The largest absolute Gasteiger partial charge is 0.462 e. The number of benzene rings is 2. The van der Waals surface area contributed by atoms with Crippen molar-refractivity contribution in [1.29, 1.82) is 0 Å². The van der Waals surface area contributed by atoms with Crippen LogP contribution < -0.4 is 4.31 Å². The van der Waals surface area contributed by atoms with E-state index in [0.29, 0.717) is 12.8 Å². The van der Waals surface area contributed by atoms with Gasteiger partial charge in [0.15, 0.2) is 0 Å². The van der Waals surface area contributed by atoms with E-state index in [4.69, 9.17) is 4.74 Å². The van der Waals surface area contributed by atoms with Crippen molar-refractivity contribution in [2.45, 2.75) is 37.6 Å². The molecule has 26 heavy (non-hydrogen) atoms. The third kappa shape index (κ3) is 3.58. The predicted molar refractivity (Wildman–Crippen MR) is 96.2 cm³/mol. The van der Waals surface area contributed by atoms with E-state index in [2.05, 4.69) is 0 Å². The Kier molecular flexibility index (Phi) is 5.00. The zero-order valence-corrected chi connectivity index (χ0v) is 15.4. The van der Waals surface area contributed by atoms with Crippen LogP contribution in [0.25, 0.3) is 0 Å². The Balaban J connectivity index is 2.01. The van der Waals surface area contributed by atoms with Gasteiger partial charge >= 0.3 is 5.97 Å². The fourth-order valence-electron chi connectivity index (χ4n) is 2.68. The smallest absolute Gasteiger partial charge is 0.338 e. The number of esters is 1.